The molecule has 0 saturated carbocycles. The summed E-state index contributed by atoms with van der Waals surface area (Å²) >= 11 is 10.5. The van der Waals surface area contributed by atoms with Crippen molar-refractivity contribution in [3.8, 4) is 0 Å². The molecule has 2 rings (SSSR count). The highest BCUT2D eigenvalue weighted by Gasteiger charge is 2.34. The third-order valence-electron chi connectivity index (χ3n) is 8.07. The first kappa shape index (κ1) is 55.4. The molecule has 0 aliphatic heterocycles. The first-order chi connectivity index (χ1) is 28.3. The van der Waals surface area contributed by atoms with Gasteiger partial charge in [0.05, 0.1) is 98.8 Å². The average molecular weight is 1520 g/mol. The maximum atomic E-state index is 13.5. The van der Waals surface area contributed by atoms with E-state index in [1.54, 1.807) is 136 Å². The van der Waals surface area contributed by atoms with Crippen LogP contribution in [0.25, 0.3) is 0 Å². The Morgan fingerprint density at radius 3 is 1.02 bits per heavy atom. The molecule has 0 saturated heterocycles. The molecule has 0 bridgehead atoms. The predicted molar refractivity (Wildman–Crippen MR) is 263 cm³/mol. The molecular weight excluding hydrogens is 1480 g/mol. The van der Waals surface area contributed by atoms with E-state index in [4.69, 9.17) is 0 Å². The molecule has 13 N–H and O–H groups in total. The quantitative estimate of drug-likeness (QED) is 0.0307. The van der Waals surface area contributed by atoms with Gasteiger partial charge in [-0.1, -0.05) is 0 Å². The summed E-state index contributed by atoms with van der Waals surface area (Å²) in [6.07, 6.45) is -6.94. The molecule has 27 heteroatoms. The standard InChI is InChI=1S/C33H40I6N6O15/c34-22-18(30(57)40-3-13(52)7-46)24(36)28(25(37)19(22)31(58)41-4-14(53)8-47)44(11-50)2-1-17(56)45(12-51)29-26(38)20(32(59)42-5-15(54)9-48)23(35)21(27(29)39)33(60)43-6-16(55)10-49/h11-17,46-49,52-56H,1-10H2,(H,40,57)(H,41,58)(H,42,59)(H,43,60). The predicted octanol–water partition coefficient (Wildman–Crippen LogP) is -2.02. The van der Waals surface area contributed by atoms with Crippen molar-refractivity contribution < 1.29 is 74.7 Å². The minimum atomic E-state index is -1.78. The topological polar surface area (TPSA) is 339 Å². The van der Waals surface area contributed by atoms with Crippen molar-refractivity contribution in [2.75, 3.05) is 69.0 Å². The van der Waals surface area contributed by atoms with Crippen LogP contribution in [0.5, 0.6) is 0 Å². The Kier molecular flexibility index (Phi) is 24.9. The summed E-state index contributed by atoms with van der Waals surface area (Å²) in [5.74, 6) is -3.25. The molecule has 0 fully saturated rings. The average Bonchev–Trinajstić information content (AvgIpc) is 3.22. The van der Waals surface area contributed by atoms with Crippen LogP contribution in [0.2, 0.25) is 0 Å². The van der Waals surface area contributed by atoms with E-state index in [1.165, 1.54) is 0 Å². The van der Waals surface area contributed by atoms with Crippen molar-refractivity contribution >= 4 is 183 Å². The molecule has 334 valence electrons. The zero-order valence-electron chi connectivity index (χ0n) is 30.7. The molecule has 6 amide bonds. The highest BCUT2D eigenvalue weighted by atomic mass is 127. The summed E-state index contributed by atoms with van der Waals surface area (Å²) in [4.78, 5) is 81.6. The molecule has 0 aliphatic carbocycles. The minimum absolute atomic E-state index is 0.0173. The Balaban J connectivity index is 2.74. The Morgan fingerprint density at radius 1 is 0.483 bits per heavy atom. The van der Waals surface area contributed by atoms with Gasteiger partial charge in [-0.05, 0) is 136 Å². The molecule has 2 aromatic carbocycles. The summed E-state index contributed by atoms with van der Waals surface area (Å²) < 4.78 is 0.591. The molecule has 5 unspecified atom stereocenters. The van der Waals surface area contributed by atoms with E-state index in [0.29, 0.717) is 6.41 Å². The van der Waals surface area contributed by atoms with E-state index in [2.05, 4.69) is 21.3 Å². The second kappa shape index (κ2) is 26.9. The smallest absolute Gasteiger partial charge is 0.253 e. The van der Waals surface area contributed by atoms with Crippen LogP contribution in [0, 0.1) is 21.4 Å². The highest BCUT2D eigenvalue weighted by molar-refractivity contribution is 14.1. The van der Waals surface area contributed by atoms with Crippen LogP contribution in [-0.2, 0) is 9.59 Å². The van der Waals surface area contributed by atoms with Gasteiger partial charge in [-0.3, -0.25) is 33.7 Å². The lowest BCUT2D eigenvalue weighted by Gasteiger charge is -2.30. The van der Waals surface area contributed by atoms with Gasteiger partial charge in [0.15, 0.2) is 0 Å². The molecule has 0 heterocycles. The Bertz CT molecular complexity index is 1790. The van der Waals surface area contributed by atoms with Gasteiger partial charge >= 0.3 is 0 Å². The second-order valence-corrected chi connectivity index (χ2v) is 18.8. The number of nitrogens with zero attached hydrogens (tertiary/aromatic N) is 2. The normalized spacial score (nSPS) is 13.7. The van der Waals surface area contributed by atoms with Gasteiger partial charge in [-0.25, -0.2) is 0 Å². The van der Waals surface area contributed by atoms with Crippen molar-refractivity contribution in [2.45, 2.75) is 37.1 Å². The number of amides is 6. The molecule has 0 spiro atoms. The van der Waals surface area contributed by atoms with Crippen molar-refractivity contribution in [3.05, 3.63) is 43.7 Å². The Morgan fingerprint density at radius 2 is 0.767 bits per heavy atom. The maximum absolute atomic E-state index is 13.5. The van der Waals surface area contributed by atoms with Crippen LogP contribution in [0.4, 0.5) is 11.4 Å². The number of aliphatic hydroxyl groups excluding tert-OH is 9. The van der Waals surface area contributed by atoms with E-state index in [0.717, 1.165) is 9.80 Å². The first-order valence-corrected chi connectivity index (χ1v) is 23.6. The minimum Gasteiger partial charge on any atom is -0.394 e. The Hall–Kier alpha value is -0.720. The number of hydrogen-bond acceptors (Lipinski definition) is 15. The SMILES string of the molecule is O=CN(CCC(O)N(C=O)c1c(I)c(C(=O)NCC(O)CO)c(I)c(C(=O)NCC(O)CO)c1I)c1c(I)c(C(=O)NCC(O)CO)c(I)c(C(=O)NCC(O)CO)c1I. The third-order valence-corrected chi connectivity index (χ3v) is 14.4. The van der Waals surface area contributed by atoms with Gasteiger partial charge in [0.2, 0.25) is 12.8 Å². The highest BCUT2D eigenvalue weighted by Crippen LogP contribution is 2.40. The van der Waals surface area contributed by atoms with Crippen LogP contribution < -0.4 is 31.1 Å². The van der Waals surface area contributed by atoms with E-state index in [-0.39, 0.29) is 81.1 Å². The molecule has 0 radical (unpaired) electrons. The van der Waals surface area contributed by atoms with Crippen LogP contribution in [0.15, 0.2) is 0 Å². The maximum Gasteiger partial charge on any atom is 0.253 e. The summed E-state index contributed by atoms with van der Waals surface area (Å²) in [7, 11) is 0. The number of nitrogens with one attached hydrogen (secondary N) is 4. The molecule has 5 atom stereocenters. The van der Waals surface area contributed by atoms with E-state index < -0.39 is 100 Å². The zero-order valence-corrected chi connectivity index (χ0v) is 43.7. The lowest BCUT2D eigenvalue weighted by Crippen LogP contribution is -2.41. The van der Waals surface area contributed by atoms with E-state index >= 15 is 0 Å². The fraction of sp³-hybridized carbons (Fsp3) is 0.455. The van der Waals surface area contributed by atoms with Crippen LogP contribution in [-0.4, -0.2) is 172 Å². The number of carbonyl (C=O) groups excluding carboxylic acids is 6. The lowest BCUT2D eigenvalue weighted by molar-refractivity contribution is -0.109. The van der Waals surface area contributed by atoms with Gasteiger partial charge in [-0.15, -0.1) is 0 Å². The number of aliphatic hydroxyl groups is 9. The summed E-state index contributed by atoms with van der Waals surface area (Å²) in [6, 6.07) is 0. The van der Waals surface area contributed by atoms with Crippen LogP contribution in [0.3, 0.4) is 0 Å². The van der Waals surface area contributed by atoms with Crippen LogP contribution >= 0.6 is 136 Å². The van der Waals surface area contributed by atoms with Crippen molar-refractivity contribution in [1.29, 1.82) is 0 Å². The van der Waals surface area contributed by atoms with Gasteiger partial charge in [-0.2, -0.15) is 0 Å². The molecule has 21 nitrogen and oxygen atoms in total. The largest absolute Gasteiger partial charge is 0.394 e. The van der Waals surface area contributed by atoms with Gasteiger partial charge in [0.25, 0.3) is 23.6 Å². The van der Waals surface area contributed by atoms with Gasteiger partial charge in [0.1, 0.15) is 6.23 Å². The molecular formula is C33H40I6N6O15. The number of hydrogen-bond donors (Lipinski definition) is 13. The number of carbonyl (C=O) groups is 6. The zero-order chi connectivity index (χ0) is 45.6. The number of rotatable bonds is 24. The number of benzene rings is 2. The fourth-order valence-electron chi connectivity index (χ4n) is 4.91. The van der Waals surface area contributed by atoms with Crippen molar-refractivity contribution in [1.82, 2.24) is 21.3 Å². The lowest BCUT2D eigenvalue weighted by atomic mass is 10.1. The second-order valence-electron chi connectivity index (χ2n) is 12.3. The van der Waals surface area contributed by atoms with Crippen molar-refractivity contribution in [2.24, 2.45) is 0 Å². The van der Waals surface area contributed by atoms with Gasteiger partial charge in [0, 0.05) is 46.3 Å². The van der Waals surface area contributed by atoms with E-state index in [9.17, 15) is 74.7 Å². The Labute approximate surface area is 424 Å². The molecule has 0 aromatic heterocycles. The van der Waals surface area contributed by atoms with E-state index in [1.807, 2.05) is 0 Å². The van der Waals surface area contributed by atoms with Crippen LogP contribution in [0.1, 0.15) is 47.9 Å². The fourth-order valence-corrected chi connectivity index (χ4v) is 14.4. The molecule has 0 aliphatic rings. The first-order valence-electron chi connectivity index (χ1n) is 17.1. The number of anilines is 2. The third kappa shape index (κ3) is 14.4. The summed E-state index contributed by atoms with van der Waals surface area (Å²) in [5, 5.41) is 97.8. The molecule has 2 aromatic rings. The monoisotopic (exact) mass is 1520 g/mol. The van der Waals surface area contributed by atoms with Crippen molar-refractivity contribution in [3.63, 3.8) is 0 Å². The summed E-state index contributed by atoms with van der Waals surface area (Å²) in [5.41, 5.74) is -0.632. The summed E-state index contributed by atoms with van der Waals surface area (Å²) in [6.45, 7) is -4.62. The molecule has 60 heavy (non-hydrogen) atoms. The van der Waals surface area contributed by atoms with Gasteiger partial charge < -0.3 is 72.1 Å². The number of halogens is 6.